The topological polar surface area (TPSA) is 0 Å². The Hall–Kier alpha value is -0.560. The maximum Gasteiger partial charge on any atom is 0.392 e. The molecule has 0 aliphatic carbocycles. The highest BCUT2D eigenvalue weighted by atomic mass is 19.4. The highest BCUT2D eigenvalue weighted by Gasteiger charge is 2.54. The van der Waals surface area contributed by atoms with Gasteiger partial charge in [-0.1, -0.05) is 0 Å². The van der Waals surface area contributed by atoms with Crippen LogP contribution >= 0.6 is 0 Å². The van der Waals surface area contributed by atoms with E-state index in [9.17, 15) is 35.1 Å². The highest BCUT2D eigenvalue weighted by Crippen LogP contribution is 2.39. The van der Waals surface area contributed by atoms with Gasteiger partial charge in [-0.05, 0) is 0 Å². The van der Waals surface area contributed by atoms with Gasteiger partial charge in [0, 0.05) is 0 Å². The monoisotopic (exact) mass is 215 g/mol. The van der Waals surface area contributed by atoms with Crippen molar-refractivity contribution >= 4 is 0 Å². The summed E-state index contributed by atoms with van der Waals surface area (Å²) in [6.45, 7) is 0. The van der Waals surface area contributed by atoms with Crippen LogP contribution in [0.2, 0.25) is 0 Å². The van der Waals surface area contributed by atoms with E-state index in [4.69, 9.17) is 0 Å². The highest BCUT2D eigenvalue weighted by molar-refractivity contribution is 4.91. The van der Waals surface area contributed by atoms with E-state index in [1.807, 2.05) is 0 Å². The standard InChI is InChI=1S/C5H3F8/c6-2(1-4(9,10)11)5(12,13)3(7)8/h2H,1H2. The minimum absolute atomic E-state index is 2.60. The Kier molecular flexibility index (Phi) is 3.51. The van der Waals surface area contributed by atoms with E-state index < -0.39 is 31.1 Å². The summed E-state index contributed by atoms with van der Waals surface area (Å²) in [5.74, 6) is -5.34. The second kappa shape index (κ2) is 3.67. The van der Waals surface area contributed by atoms with Crippen LogP contribution in [0.1, 0.15) is 6.42 Å². The van der Waals surface area contributed by atoms with Crippen molar-refractivity contribution in [2.45, 2.75) is 24.7 Å². The first kappa shape index (κ1) is 12.4. The van der Waals surface area contributed by atoms with Gasteiger partial charge >= 0.3 is 18.5 Å². The Morgan fingerprint density at radius 3 is 1.62 bits per heavy atom. The SMILES string of the molecule is F[C](F)C(F)(F)C(F)CC(F)(F)F. The third-order valence-corrected chi connectivity index (χ3v) is 1.06. The zero-order valence-electron chi connectivity index (χ0n) is 5.81. The lowest BCUT2D eigenvalue weighted by atomic mass is 10.1. The molecule has 0 aromatic carbocycles. The van der Waals surface area contributed by atoms with Crippen molar-refractivity contribution in [3.05, 3.63) is 6.43 Å². The van der Waals surface area contributed by atoms with E-state index in [-0.39, 0.29) is 0 Å². The molecule has 0 aromatic heterocycles. The van der Waals surface area contributed by atoms with E-state index >= 15 is 0 Å². The Morgan fingerprint density at radius 1 is 1.00 bits per heavy atom. The number of alkyl halides is 6. The Morgan fingerprint density at radius 2 is 1.38 bits per heavy atom. The summed E-state index contributed by atoms with van der Waals surface area (Å²) in [6.07, 6.45) is -15.4. The summed E-state index contributed by atoms with van der Waals surface area (Å²) < 4.78 is 91.8. The molecule has 13 heavy (non-hydrogen) atoms. The molecule has 0 nitrogen and oxygen atoms in total. The zero-order valence-corrected chi connectivity index (χ0v) is 5.81. The van der Waals surface area contributed by atoms with Crippen LogP contribution in [0.4, 0.5) is 35.1 Å². The molecule has 0 aliphatic heterocycles. The lowest BCUT2D eigenvalue weighted by Crippen LogP contribution is -2.36. The summed E-state index contributed by atoms with van der Waals surface area (Å²) in [6, 6.07) is 0. The van der Waals surface area contributed by atoms with E-state index in [1.54, 1.807) is 0 Å². The molecule has 0 spiro atoms. The van der Waals surface area contributed by atoms with Gasteiger partial charge in [0.2, 0.25) is 0 Å². The van der Waals surface area contributed by atoms with Crippen molar-refractivity contribution in [3.63, 3.8) is 0 Å². The van der Waals surface area contributed by atoms with E-state index in [0.717, 1.165) is 0 Å². The molecule has 0 aromatic rings. The normalized spacial score (nSPS) is 16.4. The summed E-state index contributed by atoms with van der Waals surface area (Å²) in [4.78, 5) is 0. The van der Waals surface area contributed by atoms with Crippen molar-refractivity contribution in [2.24, 2.45) is 0 Å². The molecular weight excluding hydrogens is 212 g/mol. The minimum Gasteiger partial charge on any atom is -0.240 e. The van der Waals surface area contributed by atoms with Gasteiger partial charge in [-0.2, -0.15) is 30.7 Å². The number of halogens is 8. The second-order valence-corrected chi connectivity index (χ2v) is 2.17. The lowest BCUT2D eigenvalue weighted by Gasteiger charge is -2.19. The maximum atomic E-state index is 12.0. The predicted molar refractivity (Wildman–Crippen MR) is 26.0 cm³/mol. The average Bonchev–Trinajstić information content (AvgIpc) is 1.82. The first-order chi connectivity index (χ1) is 5.57. The lowest BCUT2D eigenvalue weighted by molar-refractivity contribution is -0.186. The summed E-state index contributed by atoms with van der Waals surface area (Å²) in [7, 11) is 0. The van der Waals surface area contributed by atoms with Crippen molar-refractivity contribution in [1.29, 1.82) is 0 Å². The fourth-order valence-corrected chi connectivity index (χ4v) is 0.450. The largest absolute Gasteiger partial charge is 0.392 e. The molecule has 0 saturated carbocycles. The molecule has 0 fully saturated rings. The predicted octanol–water partition coefficient (Wildman–Crippen LogP) is 3.34. The van der Waals surface area contributed by atoms with Crippen molar-refractivity contribution in [3.8, 4) is 0 Å². The van der Waals surface area contributed by atoms with Crippen molar-refractivity contribution in [1.82, 2.24) is 0 Å². The van der Waals surface area contributed by atoms with Gasteiger partial charge in [-0.15, -0.1) is 0 Å². The van der Waals surface area contributed by atoms with Crippen LogP contribution in [-0.4, -0.2) is 18.3 Å². The van der Waals surface area contributed by atoms with Crippen molar-refractivity contribution < 1.29 is 35.1 Å². The van der Waals surface area contributed by atoms with E-state index in [1.165, 1.54) is 0 Å². The molecule has 1 radical (unpaired) electrons. The fourth-order valence-electron chi connectivity index (χ4n) is 0.450. The molecule has 0 bridgehead atoms. The Balaban J connectivity index is 4.34. The maximum absolute atomic E-state index is 12.0. The van der Waals surface area contributed by atoms with Crippen LogP contribution in [0.5, 0.6) is 0 Å². The second-order valence-electron chi connectivity index (χ2n) is 2.17. The molecule has 0 amide bonds. The molecule has 1 unspecified atom stereocenters. The molecule has 0 rings (SSSR count). The summed E-state index contributed by atoms with van der Waals surface area (Å²) in [5, 5.41) is 0. The number of hydrogen-bond donors (Lipinski definition) is 0. The van der Waals surface area contributed by atoms with Crippen molar-refractivity contribution in [2.75, 3.05) is 0 Å². The van der Waals surface area contributed by atoms with Gasteiger partial charge in [0.15, 0.2) is 6.17 Å². The molecule has 8 heteroatoms. The number of rotatable bonds is 3. The van der Waals surface area contributed by atoms with E-state index in [0.29, 0.717) is 0 Å². The first-order valence-corrected chi connectivity index (χ1v) is 2.84. The molecule has 0 heterocycles. The minimum atomic E-state index is -5.34. The summed E-state index contributed by atoms with van der Waals surface area (Å²) in [5.41, 5.74) is 0. The zero-order chi connectivity index (χ0) is 10.9. The molecule has 0 saturated heterocycles. The van der Waals surface area contributed by atoms with Gasteiger partial charge in [0.25, 0.3) is 0 Å². The number of hydrogen-bond acceptors (Lipinski definition) is 0. The van der Waals surface area contributed by atoms with Gasteiger partial charge in [0.05, 0.1) is 6.42 Å². The summed E-state index contributed by atoms with van der Waals surface area (Å²) >= 11 is 0. The Labute approximate surface area is 67.5 Å². The quantitative estimate of drug-likeness (QED) is 0.633. The first-order valence-electron chi connectivity index (χ1n) is 2.84. The van der Waals surface area contributed by atoms with Crippen LogP contribution in [0.15, 0.2) is 0 Å². The molecule has 0 N–H and O–H groups in total. The smallest absolute Gasteiger partial charge is 0.240 e. The van der Waals surface area contributed by atoms with Gasteiger partial charge in [-0.3, -0.25) is 0 Å². The van der Waals surface area contributed by atoms with Crippen LogP contribution in [0.25, 0.3) is 0 Å². The van der Waals surface area contributed by atoms with E-state index in [2.05, 4.69) is 0 Å². The van der Waals surface area contributed by atoms with Crippen LogP contribution < -0.4 is 0 Å². The fraction of sp³-hybridized carbons (Fsp3) is 0.800. The Bertz CT molecular complexity index is 158. The van der Waals surface area contributed by atoms with Gasteiger partial charge in [-0.25, -0.2) is 4.39 Å². The molecular formula is C5H3F8. The van der Waals surface area contributed by atoms with Crippen LogP contribution in [-0.2, 0) is 0 Å². The van der Waals surface area contributed by atoms with Crippen LogP contribution in [0, 0.1) is 6.43 Å². The van der Waals surface area contributed by atoms with Gasteiger partial charge in [0.1, 0.15) is 0 Å². The third kappa shape index (κ3) is 3.77. The average molecular weight is 215 g/mol. The molecule has 1 atom stereocenters. The van der Waals surface area contributed by atoms with Crippen LogP contribution in [0.3, 0.4) is 0 Å². The molecule has 79 valence electrons. The molecule has 0 aliphatic rings. The third-order valence-electron chi connectivity index (χ3n) is 1.06. The van der Waals surface area contributed by atoms with Gasteiger partial charge < -0.3 is 0 Å².